The Morgan fingerprint density at radius 1 is 1.14 bits per heavy atom. The van der Waals surface area contributed by atoms with E-state index in [1.54, 1.807) is 12.1 Å². The summed E-state index contributed by atoms with van der Waals surface area (Å²) in [4.78, 5) is 12.0. The molecule has 0 heterocycles. The lowest BCUT2D eigenvalue weighted by Crippen LogP contribution is -2.28. The van der Waals surface area contributed by atoms with Crippen LogP contribution in [0.25, 0.3) is 0 Å². The first-order chi connectivity index (χ1) is 10.6. The van der Waals surface area contributed by atoms with Crippen molar-refractivity contribution < 1.29 is 9.18 Å². The van der Waals surface area contributed by atoms with Crippen molar-refractivity contribution in [2.45, 2.75) is 32.7 Å². The zero-order chi connectivity index (χ0) is 15.9. The molecule has 1 atom stereocenters. The van der Waals surface area contributed by atoms with Crippen LogP contribution in [-0.4, -0.2) is 6.03 Å². The van der Waals surface area contributed by atoms with Crippen molar-refractivity contribution in [3.63, 3.8) is 0 Å². The molecule has 0 fully saturated rings. The summed E-state index contributed by atoms with van der Waals surface area (Å²) in [5.74, 6) is 0.101. The number of rotatable bonds is 5. The van der Waals surface area contributed by atoms with E-state index in [0.29, 0.717) is 12.5 Å². The highest BCUT2D eigenvalue weighted by molar-refractivity contribution is 5.90. The lowest BCUT2D eigenvalue weighted by molar-refractivity contribution is 0.251. The summed E-state index contributed by atoms with van der Waals surface area (Å²) < 4.78 is 12.8. The van der Waals surface area contributed by atoms with Crippen molar-refractivity contribution in [2.24, 2.45) is 0 Å². The van der Waals surface area contributed by atoms with Crippen molar-refractivity contribution in [1.82, 2.24) is 5.32 Å². The molecule has 0 aliphatic heterocycles. The lowest BCUT2D eigenvalue weighted by Gasteiger charge is -2.16. The number of hydrogen-bond donors (Lipinski definition) is 2. The number of urea groups is 1. The highest BCUT2D eigenvalue weighted by Gasteiger charge is 2.10. The second kappa shape index (κ2) is 7.59. The number of anilines is 1. The van der Waals surface area contributed by atoms with Crippen LogP contribution in [-0.2, 0) is 6.54 Å². The number of amides is 2. The fourth-order valence-corrected chi connectivity index (χ4v) is 2.21. The molecule has 0 aliphatic carbocycles. The number of carbonyl (C=O) groups excluding carboxylic acids is 1. The van der Waals surface area contributed by atoms with Gasteiger partial charge in [-0.1, -0.05) is 44.2 Å². The van der Waals surface area contributed by atoms with Gasteiger partial charge < -0.3 is 10.6 Å². The van der Waals surface area contributed by atoms with Gasteiger partial charge in [-0.15, -0.1) is 0 Å². The molecule has 2 N–H and O–H groups in total. The molecule has 0 bridgehead atoms. The van der Waals surface area contributed by atoms with Gasteiger partial charge in [0.25, 0.3) is 0 Å². The van der Waals surface area contributed by atoms with Gasteiger partial charge in [-0.2, -0.15) is 0 Å². The van der Waals surface area contributed by atoms with Crippen LogP contribution in [0.5, 0.6) is 0 Å². The average molecular weight is 300 g/mol. The van der Waals surface area contributed by atoms with Crippen LogP contribution in [0.3, 0.4) is 0 Å². The maximum atomic E-state index is 12.8. The van der Waals surface area contributed by atoms with E-state index < -0.39 is 0 Å². The molecule has 3 nitrogen and oxygen atoms in total. The molecule has 2 aromatic carbocycles. The topological polar surface area (TPSA) is 41.1 Å². The van der Waals surface area contributed by atoms with E-state index in [1.165, 1.54) is 12.1 Å². The van der Waals surface area contributed by atoms with Crippen LogP contribution < -0.4 is 10.6 Å². The number of nitrogens with one attached hydrogen (secondary N) is 2. The molecule has 116 valence electrons. The van der Waals surface area contributed by atoms with E-state index in [9.17, 15) is 9.18 Å². The van der Waals surface area contributed by atoms with Crippen molar-refractivity contribution in [2.75, 3.05) is 5.32 Å². The maximum Gasteiger partial charge on any atom is 0.319 e. The Kier molecular flexibility index (Phi) is 5.53. The molecule has 2 rings (SSSR count). The van der Waals surface area contributed by atoms with Gasteiger partial charge in [-0.3, -0.25) is 0 Å². The van der Waals surface area contributed by atoms with E-state index in [2.05, 4.69) is 24.5 Å². The summed E-state index contributed by atoms with van der Waals surface area (Å²) >= 11 is 0. The Morgan fingerprint density at radius 3 is 2.50 bits per heavy atom. The third-order valence-corrected chi connectivity index (χ3v) is 3.72. The van der Waals surface area contributed by atoms with Gasteiger partial charge in [0.2, 0.25) is 0 Å². The summed E-state index contributed by atoms with van der Waals surface area (Å²) in [6.45, 7) is 4.62. The van der Waals surface area contributed by atoms with Gasteiger partial charge in [0.05, 0.1) is 0 Å². The van der Waals surface area contributed by atoms with Crippen LogP contribution >= 0.6 is 0 Å². The molecule has 0 aliphatic rings. The third-order valence-electron chi connectivity index (χ3n) is 3.72. The van der Waals surface area contributed by atoms with Crippen molar-refractivity contribution in [3.05, 3.63) is 65.5 Å². The normalized spacial score (nSPS) is 11.8. The van der Waals surface area contributed by atoms with Crippen LogP contribution in [0.2, 0.25) is 0 Å². The van der Waals surface area contributed by atoms with E-state index >= 15 is 0 Å². The smallest absolute Gasteiger partial charge is 0.319 e. The largest absolute Gasteiger partial charge is 0.334 e. The Balaban J connectivity index is 1.96. The van der Waals surface area contributed by atoms with Crippen molar-refractivity contribution in [1.29, 1.82) is 0 Å². The third kappa shape index (κ3) is 4.32. The van der Waals surface area contributed by atoms with Crippen LogP contribution in [0.1, 0.15) is 37.3 Å². The molecule has 0 aromatic heterocycles. The van der Waals surface area contributed by atoms with Crippen LogP contribution in [0.15, 0.2) is 48.5 Å². The fourth-order valence-electron chi connectivity index (χ4n) is 2.21. The minimum atomic E-state index is -0.282. The summed E-state index contributed by atoms with van der Waals surface area (Å²) in [6, 6.07) is 13.6. The molecule has 4 heteroatoms. The first-order valence-electron chi connectivity index (χ1n) is 7.48. The fraction of sp³-hybridized carbons (Fsp3) is 0.278. The molecular weight excluding hydrogens is 279 g/mol. The molecule has 2 amide bonds. The molecule has 22 heavy (non-hydrogen) atoms. The van der Waals surface area contributed by atoms with Crippen LogP contribution in [0, 0.1) is 5.82 Å². The van der Waals surface area contributed by atoms with E-state index in [1.807, 2.05) is 24.3 Å². The molecule has 0 radical (unpaired) electrons. The Hall–Kier alpha value is -2.36. The first kappa shape index (κ1) is 16.0. The number of carbonyl (C=O) groups is 1. The predicted octanol–water partition coefficient (Wildman–Crippen LogP) is 4.66. The van der Waals surface area contributed by atoms with Gasteiger partial charge >= 0.3 is 6.03 Å². The van der Waals surface area contributed by atoms with Crippen molar-refractivity contribution >= 4 is 11.7 Å². The molecular formula is C18H21FN2O. The van der Waals surface area contributed by atoms with E-state index in [-0.39, 0.29) is 11.8 Å². The molecule has 0 spiro atoms. The molecule has 0 saturated heterocycles. The summed E-state index contributed by atoms with van der Waals surface area (Å²) in [5.41, 5.74) is 2.81. The standard InChI is InChI=1S/C18H21FN2O/c1-3-13(2)16-6-4-5-7-17(16)21-18(22)20-12-14-8-10-15(19)11-9-14/h4-11,13H,3,12H2,1-2H3,(H2,20,21,22). The minimum Gasteiger partial charge on any atom is -0.334 e. The van der Waals surface area contributed by atoms with Crippen molar-refractivity contribution in [3.8, 4) is 0 Å². The van der Waals surface area contributed by atoms with Crippen LogP contribution in [0.4, 0.5) is 14.9 Å². The summed E-state index contributed by atoms with van der Waals surface area (Å²) in [5, 5.41) is 5.66. The number of hydrogen-bond acceptors (Lipinski definition) is 1. The number of para-hydroxylation sites is 1. The lowest BCUT2D eigenvalue weighted by atomic mass is 9.97. The van der Waals surface area contributed by atoms with Gasteiger partial charge in [-0.25, -0.2) is 9.18 Å². The zero-order valence-electron chi connectivity index (χ0n) is 12.9. The molecule has 1 unspecified atom stereocenters. The minimum absolute atomic E-state index is 0.264. The Bertz CT molecular complexity index is 625. The zero-order valence-corrected chi connectivity index (χ0v) is 12.9. The highest BCUT2D eigenvalue weighted by atomic mass is 19.1. The molecule has 2 aromatic rings. The highest BCUT2D eigenvalue weighted by Crippen LogP contribution is 2.26. The first-order valence-corrected chi connectivity index (χ1v) is 7.48. The summed E-state index contributed by atoms with van der Waals surface area (Å²) in [6.07, 6.45) is 1.01. The molecule has 0 saturated carbocycles. The predicted molar refractivity (Wildman–Crippen MR) is 87.4 cm³/mol. The summed E-state index contributed by atoms with van der Waals surface area (Å²) in [7, 11) is 0. The monoisotopic (exact) mass is 300 g/mol. The van der Waals surface area contributed by atoms with E-state index in [4.69, 9.17) is 0 Å². The van der Waals surface area contributed by atoms with Gasteiger partial charge in [0.15, 0.2) is 0 Å². The van der Waals surface area contributed by atoms with Gasteiger partial charge in [0.1, 0.15) is 5.82 Å². The SMILES string of the molecule is CCC(C)c1ccccc1NC(=O)NCc1ccc(F)cc1. The Morgan fingerprint density at radius 2 is 1.82 bits per heavy atom. The van der Waals surface area contributed by atoms with Gasteiger partial charge in [-0.05, 0) is 41.7 Å². The second-order valence-electron chi connectivity index (χ2n) is 5.33. The average Bonchev–Trinajstić information content (AvgIpc) is 2.54. The quantitative estimate of drug-likeness (QED) is 0.828. The number of benzene rings is 2. The van der Waals surface area contributed by atoms with E-state index in [0.717, 1.165) is 23.2 Å². The maximum absolute atomic E-state index is 12.8. The number of halogens is 1. The van der Waals surface area contributed by atoms with Gasteiger partial charge in [0, 0.05) is 12.2 Å². The second-order valence-corrected chi connectivity index (χ2v) is 5.33. The Labute approximate surface area is 130 Å².